The average molecular weight is 1930 g/mol. The van der Waals surface area contributed by atoms with Gasteiger partial charge in [0.25, 0.3) is 47.3 Å². The van der Waals surface area contributed by atoms with Crippen LogP contribution < -0.4 is 47.9 Å². The highest BCUT2D eigenvalue weighted by atomic mass is 79.9. The second-order valence-corrected chi connectivity index (χ2v) is 32.0. The molecular weight excluding hydrogens is 1840 g/mol. The first kappa shape index (κ1) is 88.7. The summed E-state index contributed by atoms with van der Waals surface area (Å²) >= 11 is 13.3. The molecule has 8 aromatic carbocycles. The predicted octanol–water partition coefficient (Wildman–Crippen LogP) is 16.6. The number of carbonyl (C=O) groups excluding carboxylic acids is 8. The van der Waals surface area contributed by atoms with Crippen LogP contribution in [-0.4, -0.2) is 179 Å². The maximum Gasteiger partial charge on any atom is 0.258 e. The molecule has 0 bridgehead atoms. The minimum atomic E-state index is -0.359. The fourth-order valence-electron chi connectivity index (χ4n) is 13.0. The molecule has 32 heteroatoms. The van der Waals surface area contributed by atoms with E-state index in [0.717, 1.165) is 129 Å². The van der Waals surface area contributed by atoms with Gasteiger partial charge in [0, 0.05) is 148 Å². The highest BCUT2D eigenvalue weighted by molar-refractivity contribution is 9.11. The van der Waals surface area contributed by atoms with Crippen molar-refractivity contribution in [2.24, 2.45) is 20.0 Å². The Kier molecular flexibility index (Phi) is 30.6. The lowest BCUT2D eigenvalue weighted by molar-refractivity contribution is 0.101. The molecule has 0 radical (unpaired) electrons. The molecule has 9 N–H and O–H groups in total. The van der Waals surface area contributed by atoms with Gasteiger partial charge in [-0.25, -0.2) is 19.9 Å². The van der Waals surface area contributed by atoms with E-state index in [4.69, 9.17) is 0 Å². The van der Waals surface area contributed by atoms with Gasteiger partial charge in [-0.2, -0.15) is 0 Å². The van der Waals surface area contributed by atoms with E-state index in [9.17, 15) is 38.4 Å². The van der Waals surface area contributed by atoms with Gasteiger partial charge in [-0.3, -0.25) is 58.3 Å². The van der Waals surface area contributed by atoms with E-state index < -0.39 is 0 Å². The number of hydrogen-bond acceptors (Lipinski definition) is 20. The largest absolute Gasteiger partial charge is 0.370 e. The summed E-state index contributed by atoms with van der Waals surface area (Å²) in [5.41, 5.74) is 8.91. The predicted molar refractivity (Wildman–Crippen MR) is 504 cm³/mol. The number of nitrogens with one attached hydrogen (secondary N) is 9. The Bertz CT molecular complexity index is 5870. The molecule has 0 fully saturated rings. The van der Waals surface area contributed by atoms with Gasteiger partial charge in [0.1, 0.15) is 46.6 Å². The second kappa shape index (κ2) is 43.1. The van der Waals surface area contributed by atoms with E-state index in [1.165, 1.54) is 0 Å². The zero-order valence-corrected chi connectivity index (χ0v) is 74.0. The van der Waals surface area contributed by atoms with Crippen molar-refractivity contribution in [3.63, 3.8) is 0 Å². The van der Waals surface area contributed by atoms with Crippen LogP contribution in [0, 0.1) is 0 Å². The van der Waals surface area contributed by atoms with Gasteiger partial charge < -0.3 is 62.6 Å². The van der Waals surface area contributed by atoms with E-state index in [1.807, 2.05) is 69.7 Å². The van der Waals surface area contributed by atoms with Gasteiger partial charge >= 0.3 is 0 Å². The van der Waals surface area contributed by atoms with Crippen molar-refractivity contribution in [2.75, 3.05) is 116 Å². The Morgan fingerprint density at radius 1 is 0.280 bits per heavy atom. The second-order valence-electron chi connectivity index (χ2n) is 28.3. The number of likely N-dealkylation sites (N-methyl/N-ethyl adjacent to an activating group) is 2. The summed E-state index contributed by atoms with van der Waals surface area (Å²) in [7, 11) is 6.01. The number of amides is 8. The van der Waals surface area contributed by atoms with Crippen molar-refractivity contribution >= 4 is 180 Å². The summed E-state index contributed by atoms with van der Waals surface area (Å²) in [4.78, 5) is 143. The van der Waals surface area contributed by atoms with Gasteiger partial charge in [-0.05, 0) is 222 Å². The SMILES string of the molecule is CN1CCCN=C1c1ccc(C(=O)Nc2ccccc2C(=O)Nc2ccc(Br)cn2)cc1.CN1CCN=C1c1ccc(C(=O)Nc2ccccc2C(=O)Nc2ccc(Br)cn2)cc1.CN1CCN=C1c1ccc(C(=O)Nc2ccccc2C(=O)Nc2ccc(Br)cn2)cc1.O=C(Nc1ccccc1C(=O)Nc1ccc(Br)cn1)c1ccc(C2=NCCCN2)cc1. The van der Waals surface area contributed by atoms with Crippen molar-refractivity contribution in [1.29, 1.82) is 0 Å². The minimum Gasteiger partial charge on any atom is -0.370 e. The molecule has 8 heterocycles. The zero-order valence-electron chi connectivity index (χ0n) is 67.7. The number of carbonyl (C=O) groups is 8. The molecule has 12 aromatic rings. The van der Waals surface area contributed by atoms with E-state index in [-0.39, 0.29) is 47.3 Å². The summed E-state index contributed by atoms with van der Waals surface area (Å²) in [6, 6.07) is 70.5. The van der Waals surface area contributed by atoms with Crippen LogP contribution in [0.2, 0.25) is 0 Å². The molecule has 630 valence electrons. The van der Waals surface area contributed by atoms with Crippen molar-refractivity contribution in [1.82, 2.24) is 40.0 Å². The molecule has 0 unspecified atom stereocenters. The van der Waals surface area contributed by atoms with E-state index in [1.54, 1.807) is 219 Å². The van der Waals surface area contributed by atoms with Crippen molar-refractivity contribution in [3.05, 3.63) is 352 Å². The number of halogens is 4. The standard InChI is InChI=1S/C24H22BrN5O2.3C23H20BrN5O2/c1-30-14-4-13-26-22(30)16-7-9-17(10-8-16)23(31)28-20-6-3-2-5-19(20)24(32)29-21-12-11-18(25)15-27-21;2*1-29-13-12-25-21(29)15-6-8-16(9-7-15)22(30)27-19-5-3-2-4-18(19)23(31)28-20-11-10-17(24)14-26-20;24-17-10-11-20(27-14-17)29-23(31)18-4-1-2-5-19(18)28-22(30)16-8-6-15(7-9-16)21-25-12-3-13-26-21/h2-3,5-12,15H,4,13-14H2,1H3,(H,28,31)(H,27,29,32);2*2-11,14H,12-13H2,1H3,(H,27,30)(H,26,28,31);1-2,4-11,14H,3,12-13H2,(H,25,26)(H,28,30)(H,27,29,31). The Labute approximate surface area is 754 Å². The molecule has 16 rings (SSSR count). The van der Waals surface area contributed by atoms with Crippen molar-refractivity contribution in [2.45, 2.75) is 12.8 Å². The van der Waals surface area contributed by atoms with Gasteiger partial charge in [0.15, 0.2) is 0 Å². The van der Waals surface area contributed by atoms with Crippen LogP contribution in [0.3, 0.4) is 0 Å². The van der Waals surface area contributed by atoms with Gasteiger partial charge in [-0.15, -0.1) is 0 Å². The normalized spacial score (nSPS) is 13.1. The third-order valence-corrected chi connectivity index (χ3v) is 21.4. The maximum absolute atomic E-state index is 12.8. The summed E-state index contributed by atoms with van der Waals surface area (Å²) < 4.78 is 3.26. The molecule has 4 aliphatic rings. The molecule has 0 saturated heterocycles. The lowest BCUT2D eigenvalue weighted by atomic mass is 10.1. The van der Waals surface area contributed by atoms with Crippen LogP contribution in [0.25, 0.3) is 0 Å². The average Bonchev–Trinajstić information content (AvgIpc) is 1.78. The highest BCUT2D eigenvalue weighted by Gasteiger charge is 2.24. The van der Waals surface area contributed by atoms with Gasteiger partial charge in [0.05, 0.1) is 58.1 Å². The first-order chi connectivity index (χ1) is 60.6. The van der Waals surface area contributed by atoms with Gasteiger partial charge in [0.2, 0.25) is 0 Å². The summed E-state index contributed by atoms with van der Waals surface area (Å²) in [5.74, 6) is 2.71. The van der Waals surface area contributed by atoms with Crippen molar-refractivity contribution in [3.8, 4) is 0 Å². The molecule has 28 nitrogen and oxygen atoms in total. The quantitative estimate of drug-likeness (QED) is 0.0342. The van der Waals surface area contributed by atoms with Crippen LogP contribution in [0.1, 0.15) is 118 Å². The van der Waals surface area contributed by atoms with E-state index in [0.29, 0.717) is 90.5 Å². The molecule has 125 heavy (non-hydrogen) atoms. The lowest BCUT2D eigenvalue weighted by Crippen LogP contribution is -2.32. The third-order valence-electron chi connectivity index (χ3n) is 19.5. The number of hydrogen-bond donors (Lipinski definition) is 9. The topological polar surface area (TPSA) is 356 Å². The van der Waals surface area contributed by atoms with E-state index in [2.05, 4.69) is 166 Å². The number of anilines is 8. The maximum atomic E-state index is 12.8. The number of nitrogens with zero attached hydrogens (tertiary/aromatic N) is 11. The molecule has 4 aliphatic heterocycles. The number of aliphatic imine (C=N–C) groups is 4. The molecule has 0 atom stereocenters. The Hall–Kier alpha value is -14.1. The monoisotopic (exact) mass is 1920 g/mol. The first-order valence-electron chi connectivity index (χ1n) is 39.4. The van der Waals surface area contributed by atoms with Crippen LogP contribution >= 0.6 is 63.7 Å². The molecule has 0 aliphatic carbocycles. The Morgan fingerprint density at radius 2 is 0.544 bits per heavy atom. The summed E-state index contributed by atoms with van der Waals surface area (Å²) in [6.45, 7) is 6.84. The highest BCUT2D eigenvalue weighted by Crippen LogP contribution is 2.27. The van der Waals surface area contributed by atoms with E-state index >= 15 is 0 Å². The van der Waals surface area contributed by atoms with Crippen LogP contribution in [0.5, 0.6) is 0 Å². The van der Waals surface area contributed by atoms with Crippen LogP contribution in [0.15, 0.2) is 305 Å². The van der Waals surface area contributed by atoms with Crippen LogP contribution in [0.4, 0.5) is 46.0 Å². The number of para-hydroxylation sites is 4. The van der Waals surface area contributed by atoms with Gasteiger partial charge in [-0.1, -0.05) is 97.1 Å². The molecule has 0 spiro atoms. The summed E-state index contributed by atoms with van der Waals surface area (Å²) in [5, 5.41) is 25.6. The first-order valence-corrected chi connectivity index (χ1v) is 42.6. The lowest BCUT2D eigenvalue weighted by Gasteiger charge is -2.25. The Balaban J connectivity index is 0.000000143. The molecule has 4 aromatic heterocycles. The Morgan fingerprint density at radius 3 is 0.792 bits per heavy atom. The molecule has 8 amide bonds. The fraction of sp³-hybridized carbons (Fsp3) is 0.140. The molecule has 0 saturated carbocycles. The molecular formula is C93H82Br4N20O8. The van der Waals surface area contributed by atoms with Crippen molar-refractivity contribution < 1.29 is 38.4 Å². The van der Waals surface area contributed by atoms with Crippen LogP contribution in [-0.2, 0) is 0 Å². The number of rotatable bonds is 20. The zero-order chi connectivity index (χ0) is 87.7. The minimum absolute atomic E-state index is 0.294. The number of aromatic nitrogens is 4. The number of amidine groups is 4. The third kappa shape index (κ3) is 24.4. The number of benzene rings is 8. The smallest absolute Gasteiger partial charge is 0.258 e. The fourth-order valence-corrected chi connectivity index (χ4v) is 13.9. The number of pyridine rings is 4. The summed E-state index contributed by atoms with van der Waals surface area (Å²) in [6.07, 6.45) is 8.47.